The largest absolute Gasteiger partial charge is 0.364 e. The Kier molecular flexibility index (Phi) is 4.40. The first-order chi connectivity index (χ1) is 8.16. The van der Waals surface area contributed by atoms with E-state index in [9.17, 15) is 4.79 Å². The molecule has 0 spiro atoms. The van der Waals surface area contributed by atoms with E-state index < -0.39 is 0 Å². The summed E-state index contributed by atoms with van der Waals surface area (Å²) < 4.78 is 5.76. The van der Waals surface area contributed by atoms with Gasteiger partial charge in [-0.25, -0.2) is 0 Å². The maximum Gasteiger partial charge on any atom is 0.249 e. The molecule has 3 N–H and O–H groups in total. The average molecular weight is 240 g/mol. The van der Waals surface area contributed by atoms with Crippen LogP contribution in [0.25, 0.3) is 0 Å². The molecule has 0 radical (unpaired) electrons. The SMILES string of the molecule is CC(OC1CCCC1N)C(=O)NC1CCCC1. The Balaban J connectivity index is 1.74. The quantitative estimate of drug-likeness (QED) is 0.779. The molecule has 2 aliphatic carbocycles. The van der Waals surface area contributed by atoms with Crippen LogP contribution in [0, 0.1) is 0 Å². The number of nitrogens with two attached hydrogens (primary N) is 1. The first-order valence-corrected chi connectivity index (χ1v) is 6.88. The van der Waals surface area contributed by atoms with Gasteiger partial charge in [-0.2, -0.15) is 0 Å². The summed E-state index contributed by atoms with van der Waals surface area (Å²) in [5, 5.41) is 3.06. The van der Waals surface area contributed by atoms with Crippen LogP contribution in [0.15, 0.2) is 0 Å². The summed E-state index contributed by atoms with van der Waals surface area (Å²) in [4.78, 5) is 11.9. The van der Waals surface area contributed by atoms with Gasteiger partial charge in [0.2, 0.25) is 5.91 Å². The van der Waals surface area contributed by atoms with E-state index in [2.05, 4.69) is 5.32 Å². The summed E-state index contributed by atoms with van der Waals surface area (Å²) in [7, 11) is 0. The molecule has 2 aliphatic rings. The maximum atomic E-state index is 11.9. The van der Waals surface area contributed by atoms with Crippen LogP contribution in [0.3, 0.4) is 0 Å². The Hall–Kier alpha value is -0.610. The van der Waals surface area contributed by atoms with E-state index in [1.54, 1.807) is 0 Å². The summed E-state index contributed by atoms with van der Waals surface area (Å²) in [6.07, 6.45) is 7.50. The standard InChI is InChI=1S/C13H24N2O2/c1-9(17-12-8-4-7-11(12)14)13(16)15-10-5-2-3-6-10/h9-12H,2-8,14H2,1H3,(H,15,16). The van der Waals surface area contributed by atoms with E-state index in [-0.39, 0.29) is 24.2 Å². The van der Waals surface area contributed by atoms with Gasteiger partial charge >= 0.3 is 0 Å². The number of ether oxygens (including phenoxy) is 1. The zero-order valence-corrected chi connectivity index (χ0v) is 10.7. The zero-order valence-electron chi connectivity index (χ0n) is 10.7. The third-order valence-corrected chi connectivity index (χ3v) is 3.95. The Bertz CT molecular complexity index is 264. The summed E-state index contributed by atoms with van der Waals surface area (Å²) in [6, 6.07) is 0.475. The second-order valence-electron chi connectivity index (χ2n) is 5.40. The number of nitrogens with one attached hydrogen (secondary N) is 1. The minimum atomic E-state index is -0.371. The molecule has 0 saturated heterocycles. The van der Waals surface area contributed by atoms with Crippen molar-refractivity contribution >= 4 is 5.91 Å². The van der Waals surface area contributed by atoms with E-state index in [0.717, 1.165) is 32.1 Å². The smallest absolute Gasteiger partial charge is 0.249 e. The summed E-state index contributed by atoms with van der Waals surface area (Å²) in [6.45, 7) is 1.83. The molecule has 2 rings (SSSR count). The Morgan fingerprint density at radius 2 is 1.94 bits per heavy atom. The highest BCUT2D eigenvalue weighted by atomic mass is 16.5. The molecule has 17 heavy (non-hydrogen) atoms. The van der Waals surface area contributed by atoms with Crippen LogP contribution in [0.4, 0.5) is 0 Å². The molecule has 3 unspecified atom stereocenters. The monoisotopic (exact) mass is 240 g/mol. The predicted octanol–water partition coefficient (Wildman–Crippen LogP) is 1.33. The fourth-order valence-corrected chi connectivity index (χ4v) is 2.84. The number of carbonyl (C=O) groups is 1. The minimum absolute atomic E-state index is 0.0241. The van der Waals surface area contributed by atoms with Crippen LogP contribution in [0.1, 0.15) is 51.9 Å². The Morgan fingerprint density at radius 3 is 2.53 bits per heavy atom. The van der Waals surface area contributed by atoms with E-state index in [1.807, 2.05) is 6.92 Å². The Morgan fingerprint density at radius 1 is 1.24 bits per heavy atom. The van der Waals surface area contributed by atoms with Crippen LogP contribution in [-0.4, -0.2) is 30.2 Å². The summed E-state index contributed by atoms with van der Waals surface area (Å²) in [5.74, 6) is 0.0241. The van der Waals surface area contributed by atoms with Crippen molar-refractivity contribution in [1.82, 2.24) is 5.32 Å². The van der Waals surface area contributed by atoms with Crippen LogP contribution in [-0.2, 0) is 9.53 Å². The van der Waals surface area contributed by atoms with Crippen molar-refractivity contribution in [3.8, 4) is 0 Å². The predicted molar refractivity (Wildman–Crippen MR) is 66.6 cm³/mol. The molecular weight excluding hydrogens is 216 g/mol. The normalized spacial score (nSPS) is 31.6. The van der Waals surface area contributed by atoms with Crippen LogP contribution in [0.5, 0.6) is 0 Å². The van der Waals surface area contributed by atoms with Crippen molar-refractivity contribution in [2.24, 2.45) is 5.73 Å². The lowest BCUT2D eigenvalue weighted by atomic mass is 10.2. The molecule has 3 atom stereocenters. The molecule has 4 heteroatoms. The second-order valence-corrected chi connectivity index (χ2v) is 5.40. The van der Waals surface area contributed by atoms with Gasteiger partial charge in [0.1, 0.15) is 6.10 Å². The van der Waals surface area contributed by atoms with Gasteiger partial charge in [0.25, 0.3) is 0 Å². The maximum absolute atomic E-state index is 11.9. The van der Waals surface area contributed by atoms with Gasteiger partial charge in [0.15, 0.2) is 0 Å². The molecule has 0 aromatic carbocycles. The lowest BCUT2D eigenvalue weighted by Gasteiger charge is -2.22. The first-order valence-electron chi connectivity index (χ1n) is 6.88. The molecule has 0 heterocycles. The van der Waals surface area contributed by atoms with E-state index in [4.69, 9.17) is 10.5 Å². The van der Waals surface area contributed by atoms with Gasteiger partial charge in [-0.3, -0.25) is 4.79 Å². The zero-order chi connectivity index (χ0) is 12.3. The van der Waals surface area contributed by atoms with Crippen molar-refractivity contribution in [2.45, 2.75) is 76.2 Å². The number of hydrogen-bond acceptors (Lipinski definition) is 3. The van der Waals surface area contributed by atoms with Crippen molar-refractivity contribution in [1.29, 1.82) is 0 Å². The summed E-state index contributed by atoms with van der Waals surface area (Å²) >= 11 is 0. The third-order valence-electron chi connectivity index (χ3n) is 3.95. The van der Waals surface area contributed by atoms with Crippen molar-refractivity contribution in [3.05, 3.63) is 0 Å². The van der Waals surface area contributed by atoms with Crippen LogP contribution < -0.4 is 11.1 Å². The van der Waals surface area contributed by atoms with Gasteiger partial charge in [-0.05, 0) is 39.0 Å². The molecule has 0 aliphatic heterocycles. The van der Waals surface area contributed by atoms with Gasteiger partial charge < -0.3 is 15.8 Å². The van der Waals surface area contributed by atoms with Crippen molar-refractivity contribution in [3.63, 3.8) is 0 Å². The van der Waals surface area contributed by atoms with E-state index >= 15 is 0 Å². The molecule has 0 aromatic rings. The highest BCUT2D eigenvalue weighted by Gasteiger charge is 2.29. The van der Waals surface area contributed by atoms with Gasteiger partial charge in [-0.1, -0.05) is 12.8 Å². The molecule has 0 aromatic heterocycles. The minimum Gasteiger partial charge on any atom is -0.364 e. The average Bonchev–Trinajstić information content (AvgIpc) is 2.91. The lowest BCUT2D eigenvalue weighted by Crippen LogP contribution is -2.43. The summed E-state index contributed by atoms with van der Waals surface area (Å²) in [5.41, 5.74) is 5.93. The van der Waals surface area contributed by atoms with E-state index in [1.165, 1.54) is 12.8 Å². The third kappa shape index (κ3) is 3.42. The molecule has 98 valence electrons. The highest BCUT2D eigenvalue weighted by Crippen LogP contribution is 2.22. The number of rotatable bonds is 4. The molecule has 2 saturated carbocycles. The van der Waals surface area contributed by atoms with Crippen molar-refractivity contribution in [2.75, 3.05) is 0 Å². The second kappa shape index (κ2) is 5.83. The molecule has 4 nitrogen and oxygen atoms in total. The van der Waals surface area contributed by atoms with Gasteiger partial charge in [-0.15, -0.1) is 0 Å². The first kappa shape index (κ1) is 12.8. The molecule has 1 amide bonds. The number of carbonyl (C=O) groups excluding carboxylic acids is 1. The van der Waals surface area contributed by atoms with Gasteiger partial charge in [0, 0.05) is 12.1 Å². The van der Waals surface area contributed by atoms with E-state index in [0.29, 0.717) is 6.04 Å². The molecule has 2 fully saturated rings. The molecular formula is C13H24N2O2. The van der Waals surface area contributed by atoms with Crippen molar-refractivity contribution < 1.29 is 9.53 Å². The fraction of sp³-hybridized carbons (Fsp3) is 0.923. The topological polar surface area (TPSA) is 64.3 Å². The van der Waals surface area contributed by atoms with Crippen LogP contribution >= 0.6 is 0 Å². The highest BCUT2D eigenvalue weighted by molar-refractivity contribution is 5.80. The molecule has 0 bridgehead atoms. The lowest BCUT2D eigenvalue weighted by molar-refractivity contribution is -0.136. The Labute approximate surface area is 103 Å². The number of amides is 1. The van der Waals surface area contributed by atoms with Crippen LogP contribution in [0.2, 0.25) is 0 Å². The van der Waals surface area contributed by atoms with Gasteiger partial charge in [0.05, 0.1) is 6.10 Å². The number of hydrogen-bond donors (Lipinski definition) is 2. The fourth-order valence-electron chi connectivity index (χ4n) is 2.84.